The molecular weight excluding hydrogens is 332 g/mol. The zero-order valence-corrected chi connectivity index (χ0v) is 15.3. The van der Waals surface area contributed by atoms with Gasteiger partial charge in [-0.05, 0) is 19.3 Å². The number of carbonyl (C=O) groups excluding carboxylic acids is 2. The van der Waals surface area contributed by atoms with Crippen LogP contribution in [-0.4, -0.2) is 92.4 Å². The van der Waals surface area contributed by atoms with Crippen LogP contribution in [0.3, 0.4) is 0 Å². The van der Waals surface area contributed by atoms with Gasteiger partial charge in [0.2, 0.25) is 21.8 Å². The normalized spacial score (nSPS) is 23.4. The van der Waals surface area contributed by atoms with Crippen LogP contribution in [0.15, 0.2) is 0 Å². The SMILES string of the molecule is CCCNC(=O)CN1CCN(C(=O)C2CCCN2S(C)(=O)=O)CC1. The van der Waals surface area contributed by atoms with Gasteiger partial charge in [0.25, 0.3) is 0 Å². The molecule has 1 N–H and O–H groups in total. The van der Waals surface area contributed by atoms with Crippen molar-refractivity contribution in [1.82, 2.24) is 19.4 Å². The highest BCUT2D eigenvalue weighted by molar-refractivity contribution is 7.88. The molecule has 2 aliphatic rings. The molecule has 0 aromatic carbocycles. The second-order valence-corrected chi connectivity index (χ2v) is 8.42. The Hall–Kier alpha value is -1.19. The Labute approximate surface area is 144 Å². The van der Waals surface area contributed by atoms with E-state index in [1.165, 1.54) is 4.31 Å². The Bertz CT molecular complexity index is 558. The molecule has 0 spiro atoms. The molecule has 2 amide bonds. The van der Waals surface area contributed by atoms with Gasteiger partial charge in [-0.15, -0.1) is 0 Å². The molecule has 0 aliphatic carbocycles. The first-order valence-electron chi connectivity index (χ1n) is 8.57. The summed E-state index contributed by atoms with van der Waals surface area (Å²) in [6.07, 6.45) is 3.38. The minimum atomic E-state index is -3.35. The zero-order chi connectivity index (χ0) is 17.7. The van der Waals surface area contributed by atoms with Gasteiger partial charge in [-0.3, -0.25) is 14.5 Å². The highest BCUT2D eigenvalue weighted by Crippen LogP contribution is 2.22. The number of hydrogen-bond acceptors (Lipinski definition) is 5. The van der Waals surface area contributed by atoms with Crippen molar-refractivity contribution in [3.8, 4) is 0 Å². The maximum absolute atomic E-state index is 12.6. The van der Waals surface area contributed by atoms with Crippen molar-refractivity contribution in [2.24, 2.45) is 0 Å². The number of sulfonamides is 1. The van der Waals surface area contributed by atoms with E-state index >= 15 is 0 Å². The first-order chi connectivity index (χ1) is 11.3. The quantitative estimate of drug-likeness (QED) is 0.662. The monoisotopic (exact) mass is 360 g/mol. The maximum atomic E-state index is 12.6. The predicted octanol–water partition coefficient (Wildman–Crippen LogP) is -0.919. The predicted molar refractivity (Wildman–Crippen MR) is 90.9 cm³/mol. The van der Waals surface area contributed by atoms with Gasteiger partial charge in [0.15, 0.2) is 0 Å². The fourth-order valence-electron chi connectivity index (χ4n) is 3.24. The Morgan fingerprint density at radius 1 is 1.12 bits per heavy atom. The van der Waals surface area contributed by atoms with E-state index in [0.29, 0.717) is 52.2 Å². The summed E-state index contributed by atoms with van der Waals surface area (Å²) in [4.78, 5) is 28.1. The minimum absolute atomic E-state index is 0.00988. The molecule has 0 saturated carbocycles. The van der Waals surface area contributed by atoms with Crippen molar-refractivity contribution in [2.45, 2.75) is 32.2 Å². The summed E-state index contributed by atoms with van der Waals surface area (Å²) in [5.74, 6) is -0.0938. The van der Waals surface area contributed by atoms with Crippen LogP contribution in [0, 0.1) is 0 Å². The van der Waals surface area contributed by atoms with Gasteiger partial charge < -0.3 is 10.2 Å². The molecule has 1 atom stereocenters. The van der Waals surface area contributed by atoms with Crippen molar-refractivity contribution in [1.29, 1.82) is 0 Å². The number of rotatable bonds is 6. The number of carbonyl (C=O) groups is 2. The van der Waals surface area contributed by atoms with Crippen LogP contribution in [0.25, 0.3) is 0 Å². The summed E-state index contributed by atoms with van der Waals surface area (Å²) in [7, 11) is -3.35. The molecule has 9 heteroatoms. The number of nitrogens with zero attached hydrogens (tertiary/aromatic N) is 3. The Kier molecular flexibility index (Phi) is 6.59. The lowest BCUT2D eigenvalue weighted by Gasteiger charge is -2.36. The third-order valence-electron chi connectivity index (χ3n) is 4.54. The van der Waals surface area contributed by atoms with E-state index in [0.717, 1.165) is 19.1 Å². The summed E-state index contributed by atoms with van der Waals surface area (Å²) >= 11 is 0. The lowest BCUT2D eigenvalue weighted by molar-refractivity contribution is -0.136. The molecule has 0 aromatic rings. The van der Waals surface area contributed by atoms with Gasteiger partial charge in [0.1, 0.15) is 6.04 Å². The molecule has 8 nitrogen and oxygen atoms in total. The highest BCUT2D eigenvalue weighted by Gasteiger charge is 2.39. The van der Waals surface area contributed by atoms with E-state index in [4.69, 9.17) is 0 Å². The van der Waals surface area contributed by atoms with Gasteiger partial charge in [-0.1, -0.05) is 6.92 Å². The molecule has 2 saturated heterocycles. The molecule has 0 bridgehead atoms. The summed E-state index contributed by atoms with van der Waals surface area (Å²) in [5, 5.41) is 2.85. The third-order valence-corrected chi connectivity index (χ3v) is 5.83. The van der Waals surface area contributed by atoms with Crippen LogP contribution in [0.2, 0.25) is 0 Å². The van der Waals surface area contributed by atoms with E-state index in [1.54, 1.807) is 4.90 Å². The second kappa shape index (κ2) is 8.26. The summed E-state index contributed by atoms with van der Waals surface area (Å²) in [6, 6.07) is -0.556. The van der Waals surface area contributed by atoms with E-state index in [1.807, 2.05) is 11.8 Å². The maximum Gasteiger partial charge on any atom is 0.241 e. The summed E-state index contributed by atoms with van der Waals surface area (Å²) in [6.45, 7) is 5.80. The van der Waals surface area contributed by atoms with E-state index in [-0.39, 0.29) is 11.8 Å². The van der Waals surface area contributed by atoms with Crippen LogP contribution >= 0.6 is 0 Å². The topological polar surface area (TPSA) is 90.0 Å². The molecule has 138 valence electrons. The van der Waals surface area contributed by atoms with Crippen LogP contribution in [0.1, 0.15) is 26.2 Å². The van der Waals surface area contributed by atoms with Crippen molar-refractivity contribution in [3.05, 3.63) is 0 Å². The van der Waals surface area contributed by atoms with Gasteiger partial charge in [-0.2, -0.15) is 4.31 Å². The number of hydrogen-bond donors (Lipinski definition) is 1. The fourth-order valence-corrected chi connectivity index (χ4v) is 4.36. The van der Waals surface area contributed by atoms with Crippen molar-refractivity contribution >= 4 is 21.8 Å². The average Bonchev–Trinajstić information content (AvgIpc) is 3.03. The standard InChI is InChI=1S/C15H28N4O4S/c1-3-6-16-14(20)12-17-8-10-18(11-9-17)15(21)13-5-4-7-19(13)24(2,22)23/h13H,3-12H2,1-2H3,(H,16,20). The van der Waals surface area contributed by atoms with Gasteiger partial charge in [0, 0.05) is 39.3 Å². The van der Waals surface area contributed by atoms with Gasteiger partial charge in [-0.25, -0.2) is 8.42 Å². The molecule has 2 fully saturated rings. The Morgan fingerprint density at radius 3 is 2.38 bits per heavy atom. The molecule has 1 unspecified atom stereocenters. The van der Waals surface area contributed by atoms with Crippen molar-refractivity contribution in [2.75, 3.05) is 52.1 Å². The van der Waals surface area contributed by atoms with Crippen LogP contribution in [0.4, 0.5) is 0 Å². The molecular formula is C15H28N4O4S. The van der Waals surface area contributed by atoms with Crippen molar-refractivity contribution in [3.63, 3.8) is 0 Å². The second-order valence-electron chi connectivity index (χ2n) is 6.48. The number of piperazine rings is 1. The average molecular weight is 360 g/mol. The first kappa shape index (κ1) is 19.1. The van der Waals surface area contributed by atoms with E-state index in [2.05, 4.69) is 5.32 Å². The molecule has 2 rings (SSSR count). The molecule has 0 radical (unpaired) electrons. The Morgan fingerprint density at radius 2 is 1.79 bits per heavy atom. The Balaban J connectivity index is 1.83. The minimum Gasteiger partial charge on any atom is -0.355 e. The molecule has 24 heavy (non-hydrogen) atoms. The van der Waals surface area contributed by atoms with Crippen LogP contribution in [0.5, 0.6) is 0 Å². The van der Waals surface area contributed by atoms with E-state index in [9.17, 15) is 18.0 Å². The highest BCUT2D eigenvalue weighted by atomic mass is 32.2. The lowest BCUT2D eigenvalue weighted by atomic mass is 10.2. The van der Waals surface area contributed by atoms with Gasteiger partial charge >= 0.3 is 0 Å². The van der Waals surface area contributed by atoms with E-state index < -0.39 is 16.1 Å². The van der Waals surface area contributed by atoms with Crippen molar-refractivity contribution < 1.29 is 18.0 Å². The smallest absolute Gasteiger partial charge is 0.241 e. The van der Waals surface area contributed by atoms with Crippen LogP contribution in [-0.2, 0) is 19.6 Å². The van der Waals surface area contributed by atoms with Gasteiger partial charge in [0.05, 0.1) is 12.8 Å². The first-order valence-corrected chi connectivity index (χ1v) is 10.4. The molecule has 2 heterocycles. The number of amides is 2. The largest absolute Gasteiger partial charge is 0.355 e. The summed E-state index contributed by atoms with van der Waals surface area (Å²) < 4.78 is 24.9. The lowest BCUT2D eigenvalue weighted by Crippen LogP contribution is -2.55. The number of nitrogens with one attached hydrogen (secondary N) is 1. The zero-order valence-electron chi connectivity index (χ0n) is 14.5. The third kappa shape index (κ3) is 4.90. The fraction of sp³-hybridized carbons (Fsp3) is 0.867. The van der Waals surface area contributed by atoms with Crippen LogP contribution < -0.4 is 5.32 Å². The molecule has 2 aliphatic heterocycles. The molecule has 0 aromatic heterocycles. The summed E-state index contributed by atoms with van der Waals surface area (Å²) in [5.41, 5.74) is 0.